The molecular formula is C16H22ClNO. The Morgan fingerprint density at radius 3 is 2.32 bits per heavy atom. The molecule has 19 heavy (non-hydrogen) atoms. The molecule has 1 aromatic carbocycles. The van der Waals surface area contributed by atoms with E-state index in [1.807, 2.05) is 19.1 Å². The third-order valence-electron chi connectivity index (χ3n) is 3.83. The lowest BCUT2D eigenvalue weighted by Gasteiger charge is -2.32. The first-order chi connectivity index (χ1) is 8.99. The average molecular weight is 280 g/mol. The van der Waals surface area contributed by atoms with Crippen LogP contribution in [0.1, 0.15) is 44.0 Å². The van der Waals surface area contributed by atoms with E-state index < -0.39 is 0 Å². The van der Waals surface area contributed by atoms with Gasteiger partial charge in [0.05, 0.1) is 6.04 Å². The maximum Gasteiger partial charge on any atom is 0.179 e. The second-order valence-electron chi connectivity index (χ2n) is 5.78. The quantitative estimate of drug-likeness (QED) is 0.733. The topological polar surface area (TPSA) is 20.3 Å². The first kappa shape index (κ1) is 14.5. The molecule has 1 saturated carbocycles. The lowest BCUT2D eigenvalue weighted by molar-refractivity contribution is 0.0778. The van der Waals surface area contributed by atoms with Gasteiger partial charge in [0.2, 0.25) is 0 Å². The number of carbonyl (C=O) groups is 1. The van der Waals surface area contributed by atoms with E-state index in [1.54, 1.807) is 12.1 Å². The van der Waals surface area contributed by atoms with Gasteiger partial charge in [0.25, 0.3) is 0 Å². The summed E-state index contributed by atoms with van der Waals surface area (Å²) in [5.74, 6) is 0.980. The van der Waals surface area contributed by atoms with Crippen molar-refractivity contribution in [3.05, 3.63) is 34.9 Å². The van der Waals surface area contributed by atoms with Gasteiger partial charge in [0.1, 0.15) is 0 Å². The fraction of sp³-hybridized carbons (Fsp3) is 0.562. The molecule has 0 aromatic heterocycles. The fourth-order valence-corrected chi connectivity index (χ4v) is 2.55. The predicted molar refractivity (Wildman–Crippen MR) is 79.8 cm³/mol. The number of halogens is 1. The Kier molecular flexibility index (Phi) is 4.64. The summed E-state index contributed by atoms with van der Waals surface area (Å²) in [4.78, 5) is 14.8. The van der Waals surface area contributed by atoms with Crippen LogP contribution in [0, 0.1) is 5.92 Å². The Morgan fingerprint density at radius 1 is 1.26 bits per heavy atom. The molecular weight excluding hydrogens is 258 g/mol. The molecule has 1 atom stereocenters. The van der Waals surface area contributed by atoms with Crippen LogP contribution in [0.25, 0.3) is 0 Å². The summed E-state index contributed by atoms with van der Waals surface area (Å²) >= 11 is 5.86. The van der Waals surface area contributed by atoms with Crippen LogP contribution in [0.3, 0.4) is 0 Å². The highest BCUT2D eigenvalue weighted by molar-refractivity contribution is 6.30. The van der Waals surface area contributed by atoms with Crippen molar-refractivity contribution >= 4 is 17.4 Å². The highest BCUT2D eigenvalue weighted by Gasteiger charge is 2.30. The number of rotatable bonds is 6. The fourth-order valence-electron chi connectivity index (χ4n) is 2.42. The molecule has 0 bridgehead atoms. The molecule has 1 aliphatic carbocycles. The molecule has 2 nitrogen and oxygen atoms in total. The second-order valence-corrected chi connectivity index (χ2v) is 6.22. The molecule has 0 radical (unpaired) electrons. The van der Waals surface area contributed by atoms with Gasteiger partial charge in [-0.05, 0) is 63.8 Å². The Balaban J connectivity index is 2.08. The maximum absolute atomic E-state index is 12.5. The van der Waals surface area contributed by atoms with E-state index in [2.05, 4.69) is 18.7 Å². The summed E-state index contributed by atoms with van der Waals surface area (Å²) < 4.78 is 0. The van der Waals surface area contributed by atoms with Crippen LogP contribution < -0.4 is 0 Å². The van der Waals surface area contributed by atoms with Crippen LogP contribution in [-0.4, -0.2) is 29.3 Å². The van der Waals surface area contributed by atoms with E-state index in [0.717, 1.165) is 18.0 Å². The van der Waals surface area contributed by atoms with Gasteiger partial charge >= 0.3 is 0 Å². The van der Waals surface area contributed by atoms with Crippen molar-refractivity contribution in [1.82, 2.24) is 4.90 Å². The van der Waals surface area contributed by atoms with Crippen molar-refractivity contribution < 1.29 is 4.79 Å². The van der Waals surface area contributed by atoms with Crippen molar-refractivity contribution in [2.45, 2.75) is 45.7 Å². The number of benzene rings is 1. The van der Waals surface area contributed by atoms with Crippen LogP contribution in [0.4, 0.5) is 0 Å². The maximum atomic E-state index is 12.5. The smallest absolute Gasteiger partial charge is 0.179 e. The van der Waals surface area contributed by atoms with Gasteiger partial charge in [-0.15, -0.1) is 0 Å². The molecule has 0 spiro atoms. The summed E-state index contributed by atoms with van der Waals surface area (Å²) in [7, 11) is 0. The Bertz CT molecular complexity index is 437. The molecule has 0 aliphatic heterocycles. The SMILES string of the molecule is CC(C)N(CC1CC1)C(C)C(=O)c1ccc(Cl)cc1. The Hall–Kier alpha value is -0.860. The van der Waals surface area contributed by atoms with E-state index in [-0.39, 0.29) is 11.8 Å². The lowest BCUT2D eigenvalue weighted by atomic mass is 10.0. The summed E-state index contributed by atoms with van der Waals surface area (Å²) in [6.07, 6.45) is 2.62. The first-order valence-corrected chi connectivity index (χ1v) is 7.42. The Morgan fingerprint density at radius 2 is 1.84 bits per heavy atom. The van der Waals surface area contributed by atoms with Crippen LogP contribution in [0.15, 0.2) is 24.3 Å². The normalized spacial score (nSPS) is 16.9. The van der Waals surface area contributed by atoms with Crippen molar-refractivity contribution in [1.29, 1.82) is 0 Å². The number of ketones is 1. The van der Waals surface area contributed by atoms with Gasteiger partial charge < -0.3 is 0 Å². The summed E-state index contributed by atoms with van der Waals surface area (Å²) in [6.45, 7) is 7.37. The molecule has 1 aromatic rings. The number of hydrogen-bond donors (Lipinski definition) is 0. The van der Waals surface area contributed by atoms with Gasteiger partial charge in [-0.2, -0.15) is 0 Å². The molecule has 1 fully saturated rings. The summed E-state index contributed by atoms with van der Waals surface area (Å²) in [5, 5.41) is 0.669. The van der Waals surface area contributed by atoms with E-state index in [1.165, 1.54) is 12.8 Å². The molecule has 0 amide bonds. The monoisotopic (exact) mass is 279 g/mol. The van der Waals surface area contributed by atoms with Crippen LogP contribution >= 0.6 is 11.6 Å². The summed E-state index contributed by atoms with van der Waals surface area (Å²) in [5.41, 5.74) is 0.748. The second kappa shape index (κ2) is 6.06. The zero-order valence-electron chi connectivity index (χ0n) is 11.9. The third-order valence-corrected chi connectivity index (χ3v) is 4.09. The van der Waals surface area contributed by atoms with Crippen molar-refractivity contribution in [3.63, 3.8) is 0 Å². The van der Waals surface area contributed by atoms with Gasteiger partial charge in [0.15, 0.2) is 5.78 Å². The first-order valence-electron chi connectivity index (χ1n) is 7.04. The van der Waals surface area contributed by atoms with Crippen molar-refractivity contribution in [2.75, 3.05) is 6.54 Å². The molecule has 104 valence electrons. The average Bonchev–Trinajstić information content (AvgIpc) is 3.19. The van der Waals surface area contributed by atoms with E-state index in [0.29, 0.717) is 11.1 Å². The molecule has 0 N–H and O–H groups in total. The molecule has 2 rings (SSSR count). The largest absolute Gasteiger partial charge is 0.292 e. The number of Topliss-reactive ketones (excluding diaryl/α,β-unsaturated/α-hetero) is 1. The van der Waals surface area contributed by atoms with Crippen LogP contribution in [-0.2, 0) is 0 Å². The highest BCUT2D eigenvalue weighted by Crippen LogP contribution is 2.31. The van der Waals surface area contributed by atoms with Gasteiger partial charge in [0, 0.05) is 23.2 Å². The van der Waals surface area contributed by atoms with Crippen LogP contribution in [0.5, 0.6) is 0 Å². The lowest BCUT2D eigenvalue weighted by Crippen LogP contribution is -2.44. The molecule has 1 aliphatic rings. The number of carbonyl (C=O) groups excluding carboxylic acids is 1. The third kappa shape index (κ3) is 3.80. The van der Waals surface area contributed by atoms with Crippen LogP contribution in [0.2, 0.25) is 5.02 Å². The van der Waals surface area contributed by atoms with E-state index in [9.17, 15) is 4.79 Å². The minimum Gasteiger partial charge on any atom is -0.292 e. The molecule has 0 saturated heterocycles. The zero-order valence-corrected chi connectivity index (χ0v) is 12.7. The van der Waals surface area contributed by atoms with Crippen molar-refractivity contribution in [3.8, 4) is 0 Å². The van der Waals surface area contributed by atoms with E-state index >= 15 is 0 Å². The highest BCUT2D eigenvalue weighted by atomic mass is 35.5. The minimum atomic E-state index is -0.0678. The Labute approximate surface area is 120 Å². The molecule has 3 heteroatoms. The van der Waals surface area contributed by atoms with E-state index in [4.69, 9.17) is 11.6 Å². The molecule has 1 unspecified atom stereocenters. The van der Waals surface area contributed by atoms with Crippen molar-refractivity contribution in [2.24, 2.45) is 5.92 Å². The zero-order chi connectivity index (χ0) is 14.0. The van der Waals surface area contributed by atoms with Gasteiger partial charge in [-0.25, -0.2) is 0 Å². The van der Waals surface area contributed by atoms with Gasteiger partial charge in [-0.1, -0.05) is 11.6 Å². The number of nitrogens with zero attached hydrogens (tertiary/aromatic N) is 1. The van der Waals surface area contributed by atoms with Gasteiger partial charge in [-0.3, -0.25) is 9.69 Å². The summed E-state index contributed by atoms with van der Waals surface area (Å²) in [6, 6.07) is 7.52. The number of hydrogen-bond acceptors (Lipinski definition) is 2. The molecule has 0 heterocycles. The standard InChI is InChI=1S/C16H22ClNO/c1-11(2)18(10-13-4-5-13)12(3)16(19)14-6-8-15(17)9-7-14/h6-9,11-13H,4-5,10H2,1-3H3. The minimum absolute atomic E-state index is 0.0678. The predicted octanol–water partition coefficient (Wildman–Crippen LogP) is 4.03.